The normalized spacial score (nSPS) is 20.1. The van der Waals surface area contributed by atoms with Crippen LogP contribution < -0.4 is 0 Å². The molecule has 0 spiro atoms. The molecule has 6 heteroatoms. The number of carbonyl (C=O) groups excluding carboxylic acids is 1. The van der Waals surface area contributed by atoms with Crippen LogP contribution in [0.2, 0.25) is 0 Å². The van der Waals surface area contributed by atoms with Crippen LogP contribution in [-0.2, 0) is 0 Å². The van der Waals surface area contributed by atoms with Gasteiger partial charge in [-0.1, -0.05) is 19.3 Å². The average Bonchev–Trinajstić information content (AvgIpc) is 3.34. The highest BCUT2D eigenvalue weighted by Gasteiger charge is 2.25. The van der Waals surface area contributed by atoms with Crippen molar-refractivity contribution in [1.82, 2.24) is 14.8 Å². The number of piperazine rings is 1. The minimum atomic E-state index is 0.0926. The highest BCUT2D eigenvalue weighted by Crippen LogP contribution is 2.27. The molecule has 0 radical (unpaired) electrons. The van der Waals surface area contributed by atoms with Gasteiger partial charge in [0.05, 0.1) is 0 Å². The predicted molar refractivity (Wildman–Crippen MR) is 104 cm³/mol. The summed E-state index contributed by atoms with van der Waals surface area (Å²) in [7, 11) is 0. The molecule has 0 unspecified atom stereocenters. The van der Waals surface area contributed by atoms with Gasteiger partial charge in [-0.2, -0.15) is 11.3 Å². The maximum atomic E-state index is 12.7. The zero-order valence-electron chi connectivity index (χ0n) is 14.5. The molecule has 134 valence electrons. The zero-order valence-corrected chi connectivity index (χ0v) is 16.2. The Kier molecular flexibility index (Phi) is 5.48. The summed E-state index contributed by atoms with van der Waals surface area (Å²) in [5.74, 6) is 0.970. The highest BCUT2D eigenvalue weighted by atomic mass is 32.1. The van der Waals surface area contributed by atoms with E-state index < -0.39 is 0 Å². The topological polar surface area (TPSA) is 36.4 Å². The van der Waals surface area contributed by atoms with Crippen LogP contribution in [0.25, 0.3) is 10.6 Å². The Hall–Kier alpha value is -1.24. The Balaban J connectivity index is 1.30. The SMILES string of the molecule is O=C(c1csc(-c2ccsc2)n1)N1CCN(CC2CCCCC2)CC1. The van der Waals surface area contributed by atoms with Crippen LogP contribution in [-0.4, -0.2) is 53.4 Å². The van der Waals surface area contributed by atoms with Gasteiger partial charge in [-0.05, 0) is 30.2 Å². The number of amides is 1. The average molecular weight is 376 g/mol. The van der Waals surface area contributed by atoms with E-state index in [1.807, 2.05) is 15.7 Å². The van der Waals surface area contributed by atoms with Crippen molar-refractivity contribution in [2.75, 3.05) is 32.7 Å². The first-order valence-electron chi connectivity index (χ1n) is 9.29. The molecule has 0 N–H and O–H groups in total. The molecular formula is C19H25N3OS2. The lowest BCUT2D eigenvalue weighted by Crippen LogP contribution is -2.50. The molecule has 1 aliphatic heterocycles. The lowest BCUT2D eigenvalue weighted by molar-refractivity contribution is 0.0601. The standard InChI is InChI=1S/C19H25N3OS2/c23-19(17-14-25-18(20-17)16-6-11-24-13-16)22-9-7-21(8-10-22)12-15-4-2-1-3-5-15/h6,11,13-15H,1-5,7-10,12H2. The Morgan fingerprint density at radius 1 is 1.12 bits per heavy atom. The van der Waals surface area contributed by atoms with Crippen molar-refractivity contribution in [3.8, 4) is 10.6 Å². The third-order valence-corrected chi connectivity index (χ3v) is 6.97. The molecule has 2 fully saturated rings. The predicted octanol–water partition coefficient (Wildman–Crippen LogP) is 4.21. The molecule has 25 heavy (non-hydrogen) atoms. The van der Waals surface area contributed by atoms with Crippen LogP contribution in [0.3, 0.4) is 0 Å². The fourth-order valence-electron chi connectivity index (χ4n) is 3.92. The molecule has 4 rings (SSSR count). The Morgan fingerprint density at radius 2 is 1.92 bits per heavy atom. The molecule has 4 nitrogen and oxygen atoms in total. The molecule has 2 aliphatic rings. The molecule has 0 aromatic carbocycles. The third-order valence-electron chi connectivity index (χ3n) is 5.39. The van der Waals surface area contributed by atoms with Crippen LogP contribution in [0.4, 0.5) is 0 Å². The molecule has 1 amide bonds. The van der Waals surface area contributed by atoms with Gasteiger partial charge in [0.1, 0.15) is 10.7 Å². The monoisotopic (exact) mass is 375 g/mol. The lowest BCUT2D eigenvalue weighted by atomic mass is 9.89. The molecule has 0 atom stereocenters. The van der Waals surface area contributed by atoms with Crippen molar-refractivity contribution in [2.24, 2.45) is 5.92 Å². The summed E-state index contributed by atoms with van der Waals surface area (Å²) < 4.78 is 0. The fourth-order valence-corrected chi connectivity index (χ4v) is 5.43. The third kappa shape index (κ3) is 4.13. The molecular weight excluding hydrogens is 350 g/mol. The fraction of sp³-hybridized carbons (Fsp3) is 0.579. The van der Waals surface area contributed by atoms with Crippen LogP contribution in [0.1, 0.15) is 42.6 Å². The summed E-state index contributed by atoms with van der Waals surface area (Å²) >= 11 is 3.22. The minimum absolute atomic E-state index is 0.0926. The maximum Gasteiger partial charge on any atom is 0.273 e. The van der Waals surface area contributed by atoms with E-state index in [0.717, 1.165) is 42.7 Å². The van der Waals surface area contributed by atoms with Gasteiger partial charge in [-0.25, -0.2) is 4.98 Å². The largest absolute Gasteiger partial charge is 0.335 e. The van der Waals surface area contributed by atoms with Crippen molar-refractivity contribution in [3.63, 3.8) is 0 Å². The molecule has 0 bridgehead atoms. The molecule has 2 aromatic heterocycles. The summed E-state index contributed by atoms with van der Waals surface area (Å²) in [6.07, 6.45) is 7.01. The summed E-state index contributed by atoms with van der Waals surface area (Å²) in [4.78, 5) is 21.8. The van der Waals surface area contributed by atoms with Gasteiger partial charge < -0.3 is 4.90 Å². The molecule has 1 aliphatic carbocycles. The number of rotatable bonds is 4. The van der Waals surface area contributed by atoms with Crippen molar-refractivity contribution in [3.05, 3.63) is 27.9 Å². The van der Waals surface area contributed by atoms with E-state index >= 15 is 0 Å². The number of aromatic nitrogens is 1. The van der Waals surface area contributed by atoms with Gasteiger partial charge in [-0.15, -0.1) is 11.3 Å². The van der Waals surface area contributed by atoms with Gasteiger partial charge in [0.2, 0.25) is 0 Å². The maximum absolute atomic E-state index is 12.7. The van der Waals surface area contributed by atoms with E-state index in [9.17, 15) is 4.79 Å². The summed E-state index contributed by atoms with van der Waals surface area (Å²) in [5, 5.41) is 6.98. The van der Waals surface area contributed by atoms with Crippen LogP contribution in [0.5, 0.6) is 0 Å². The van der Waals surface area contributed by atoms with Crippen LogP contribution in [0, 0.1) is 5.92 Å². The van der Waals surface area contributed by atoms with Crippen LogP contribution >= 0.6 is 22.7 Å². The quantitative estimate of drug-likeness (QED) is 0.803. The Morgan fingerprint density at radius 3 is 2.64 bits per heavy atom. The van der Waals surface area contributed by atoms with E-state index in [4.69, 9.17) is 0 Å². The Bertz CT molecular complexity index is 683. The number of hydrogen-bond donors (Lipinski definition) is 0. The van der Waals surface area contributed by atoms with Crippen LogP contribution in [0.15, 0.2) is 22.2 Å². The second-order valence-electron chi connectivity index (χ2n) is 7.15. The van der Waals surface area contributed by atoms with Crippen molar-refractivity contribution >= 4 is 28.6 Å². The van der Waals surface area contributed by atoms with Gasteiger partial charge in [0, 0.05) is 49.0 Å². The van der Waals surface area contributed by atoms with Gasteiger partial charge >= 0.3 is 0 Å². The van der Waals surface area contributed by atoms with E-state index in [-0.39, 0.29) is 5.91 Å². The molecule has 1 saturated carbocycles. The molecule has 1 saturated heterocycles. The first kappa shape index (κ1) is 17.2. The first-order valence-corrected chi connectivity index (χ1v) is 11.1. The number of hydrogen-bond acceptors (Lipinski definition) is 5. The number of thiazole rings is 1. The first-order chi connectivity index (χ1) is 12.3. The summed E-state index contributed by atoms with van der Waals surface area (Å²) in [6.45, 7) is 4.89. The van der Waals surface area contributed by atoms with E-state index in [1.54, 1.807) is 22.7 Å². The minimum Gasteiger partial charge on any atom is -0.335 e. The summed E-state index contributed by atoms with van der Waals surface area (Å²) in [6, 6.07) is 2.06. The Labute approximate surface area is 157 Å². The highest BCUT2D eigenvalue weighted by molar-refractivity contribution is 7.14. The van der Waals surface area contributed by atoms with Crippen molar-refractivity contribution in [1.29, 1.82) is 0 Å². The van der Waals surface area contributed by atoms with Gasteiger partial charge in [0.25, 0.3) is 5.91 Å². The second-order valence-corrected chi connectivity index (χ2v) is 8.78. The smallest absolute Gasteiger partial charge is 0.273 e. The second kappa shape index (κ2) is 7.98. The zero-order chi connectivity index (χ0) is 17.1. The van der Waals surface area contributed by atoms with E-state index in [2.05, 4.69) is 21.3 Å². The number of carbonyl (C=O) groups is 1. The van der Waals surface area contributed by atoms with Gasteiger partial charge in [-0.3, -0.25) is 9.69 Å². The van der Waals surface area contributed by atoms with Crippen molar-refractivity contribution < 1.29 is 4.79 Å². The van der Waals surface area contributed by atoms with Crippen molar-refractivity contribution in [2.45, 2.75) is 32.1 Å². The van der Waals surface area contributed by atoms with Gasteiger partial charge in [0.15, 0.2) is 0 Å². The van der Waals surface area contributed by atoms with E-state index in [0.29, 0.717) is 5.69 Å². The molecule has 3 heterocycles. The number of nitrogens with zero attached hydrogens (tertiary/aromatic N) is 3. The summed E-state index contributed by atoms with van der Waals surface area (Å²) in [5.41, 5.74) is 1.72. The van der Waals surface area contributed by atoms with E-state index in [1.165, 1.54) is 38.6 Å². The number of thiophene rings is 1. The molecule has 2 aromatic rings. The lowest BCUT2D eigenvalue weighted by Gasteiger charge is -2.37.